The summed E-state index contributed by atoms with van der Waals surface area (Å²) in [5.74, 6) is 0.855. The van der Waals surface area contributed by atoms with Crippen molar-refractivity contribution < 1.29 is 22.7 Å². The summed E-state index contributed by atoms with van der Waals surface area (Å²) in [6, 6.07) is 14.2. The van der Waals surface area contributed by atoms with Crippen LogP contribution in [0.3, 0.4) is 0 Å². The SMILES string of the molecule is CS(=O)(=O)N1CC[C@H](C(=O)Nc2ccc(OC3CCCC3)cc2)Oc2ccccc21. The predicted octanol–water partition coefficient (Wildman–Crippen LogP) is 3.56. The van der Waals surface area contributed by atoms with Gasteiger partial charge in [-0.15, -0.1) is 0 Å². The molecular formula is C22H26N2O5S. The molecule has 2 aromatic carbocycles. The molecule has 1 aliphatic heterocycles. The molecule has 30 heavy (non-hydrogen) atoms. The number of hydrogen-bond acceptors (Lipinski definition) is 5. The van der Waals surface area contributed by atoms with Gasteiger partial charge < -0.3 is 14.8 Å². The number of carbonyl (C=O) groups excluding carboxylic acids is 1. The Morgan fingerprint density at radius 3 is 2.47 bits per heavy atom. The van der Waals surface area contributed by atoms with Crippen molar-refractivity contribution >= 4 is 27.3 Å². The van der Waals surface area contributed by atoms with Crippen LogP contribution in [0, 0.1) is 0 Å². The molecule has 1 saturated carbocycles. The summed E-state index contributed by atoms with van der Waals surface area (Å²) in [5.41, 5.74) is 1.09. The molecule has 8 heteroatoms. The van der Waals surface area contributed by atoms with Crippen LogP contribution >= 0.6 is 0 Å². The maximum atomic E-state index is 12.8. The molecule has 1 heterocycles. The van der Waals surface area contributed by atoms with E-state index in [1.807, 2.05) is 12.1 Å². The fourth-order valence-electron chi connectivity index (χ4n) is 3.90. The highest BCUT2D eigenvalue weighted by molar-refractivity contribution is 7.92. The monoisotopic (exact) mass is 430 g/mol. The van der Waals surface area contributed by atoms with Crippen molar-refractivity contribution in [1.82, 2.24) is 0 Å². The number of carbonyl (C=O) groups is 1. The second kappa shape index (κ2) is 8.55. The first-order valence-corrected chi connectivity index (χ1v) is 12.1. The third-order valence-electron chi connectivity index (χ3n) is 5.42. The highest BCUT2D eigenvalue weighted by atomic mass is 32.2. The number of para-hydroxylation sites is 2. The van der Waals surface area contributed by atoms with Gasteiger partial charge >= 0.3 is 0 Å². The minimum Gasteiger partial charge on any atom is -0.490 e. The molecule has 1 N–H and O–H groups in total. The van der Waals surface area contributed by atoms with E-state index in [1.54, 1.807) is 36.4 Å². The molecule has 1 fully saturated rings. The molecule has 0 aromatic heterocycles. The molecule has 0 spiro atoms. The number of rotatable bonds is 5. The van der Waals surface area contributed by atoms with Gasteiger partial charge in [-0.25, -0.2) is 8.42 Å². The van der Waals surface area contributed by atoms with Gasteiger partial charge in [0.15, 0.2) is 6.10 Å². The number of sulfonamides is 1. The van der Waals surface area contributed by atoms with Crippen molar-refractivity contribution in [1.29, 1.82) is 0 Å². The Labute approximate surface area is 177 Å². The van der Waals surface area contributed by atoms with Crippen LogP contribution in [-0.2, 0) is 14.8 Å². The van der Waals surface area contributed by atoms with Gasteiger partial charge in [0.05, 0.1) is 18.0 Å². The van der Waals surface area contributed by atoms with E-state index >= 15 is 0 Å². The lowest BCUT2D eigenvalue weighted by atomic mass is 10.2. The molecule has 4 rings (SSSR count). The average Bonchev–Trinajstić information content (AvgIpc) is 3.13. The van der Waals surface area contributed by atoms with Crippen LogP contribution in [0.15, 0.2) is 48.5 Å². The zero-order valence-electron chi connectivity index (χ0n) is 16.9. The standard InChI is InChI=1S/C22H26N2O5S/c1-30(26,27)24-15-14-21(29-20-9-5-4-8-19(20)24)22(25)23-16-10-12-18(13-11-16)28-17-6-2-3-7-17/h4-5,8-13,17,21H,2-3,6-7,14-15H2,1H3,(H,23,25)/t21-/m1/s1. The van der Waals surface area contributed by atoms with Crippen LogP contribution in [0.5, 0.6) is 11.5 Å². The fraction of sp³-hybridized carbons (Fsp3) is 0.409. The number of hydrogen-bond donors (Lipinski definition) is 1. The molecule has 0 unspecified atom stereocenters. The summed E-state index contributed by atoms with van der Waals surface area (Å²) >= 11 is 0. The molecule has 7 nitrogen and oxygen atoms in total. The lowest BCUT2D eigenvalue weighted by Crippen LogP contribution is -2.35. The van der Waals surface area contributed by atoms with Crippen LogP contribution < -0.4 is 19.1 Å². The highest BCUT2D eigenvalue weighted by Gasteiger charge is 2.31. The first-order chi connectivity index (χ1) is 14.4. The Bertz CT molecular complexity index is 1000. The topological polar surface area (TPSA) is 84.9 Å². The number of nitrogens with zero attached hydrogens (tertiary/aromatic N) is 1. The first kappa shape index (κ1) is 20.5. The Balaban J connectivity index is 1.43. The van der Waals surface area contributed by atoms with E-state index in [2.05, 4.69) is 5.32 Å². The minimum atomic E-state index is -3.48. The smallest absolute Gasteiger partial charge is 0.265 e. The molecule has 0 radical (unpaired) electrons. The van der Waals surface area contributed by atoms with Gasteiger partial charge in [-0.3, -0.25) is 9.10 Å². The lowest BCUT2D eigenvalue weighted by Gasteiger charge is -2.20. The number of benzene rings is 2. The fourth-order valence-corrected chi connectivity index (χ4v) is 4.84. The molecule has 1 aliphatic carbocycles. The molecule has 1 atom stereocenters. The molecule has 0 saturated heterocycles. The van der Waals surface area contributed by atoms with Gasteiger partial charge in [-0.1, -0.05) is 12.1 Å². The molecule has 160 valence electrons. The molecule has 2 aromatic rings. The maximum absolute atomic E-state index is 12.8. The molecule has 1 amide bonds. The van der Waals surface area contributed by atoms with E-state index in [0.717, 1.165) is 24.8 Å². The van der Waals surface area contributed by atoms with E-state index in [4.69, 9.17) is 9.47 Å². The van der Waals surface area contributed by atoms with Crippen LogP contribution in [0.1, 0.15) is 32.1 Å². The first-order valence-electron chi connectivity index (χ1n) is 10.2. The normalized spacial score (nSPS) is 19.5. The summed E-state index contributed by atoms with van der Waals surface area (Å²) < 4.78 is 37.5. The van der Waals surface area contributed by atoms with Crippen molar-refractivity contribution in [2.45, 2.75) is 44.3 Å². The summed E-state index contributed by atoms with van der Waals surface area (Å²) in [7, 11) is -3.48. The summed E-state index contributed by atoms with van der Waals surface area (Å²) in [6.45, 7) is 0.169. The largest absolute Gasteiger partial charge is 0.490 e. The van der Waals surface area contributed by atoms with Gasteiger partial charge in [0.1, 0.15) is 11.5 Å². The Kier molecular flexibility index (Phi) is 5.85. The summed E-state index contributed by atoms with van der Waals surface area (Å²) in [5, 5.41) is 2.86. The third-order valence-corrected chi connectivity index (χ3v) is 6.60. The van der Waals surface area contributed by atoms with Crippen LogP contribution in [0.4, 0.5) is 11.4 Å². The van der Waals surface area contributed by atoms with Crippen LogP contribution in [-0.4, -0.2) is 39.3 Å². The number of nitrogens with one attached hydrogen (secondary N) is 1. The van der Waals surface area contributed by atoms with E-state index in [9.17, 15) is 13.2 Å². The Morgan fingerprint density at radius 1 is 1.07 bits per heavy atom. The Hall–Kier alpha value is -2.74. The van der Waals surface area contributed by atoms with E-state index in [0.29, 0.717) is 17.1 Å². The van der Waals surface area contributed by atoms with Crippen molar-refractivity contribution in [2.75, 3.05) is 22.4 Å². The molecule has 2 aliphatic rings. The van der Waals surface area contributed by atoms with Crippen LogP contribution in [0.2, 0.25) is 0 Å². The van der Waals surface area contributed by atoms with Gasteiger partial charge in [-0.2, -0.15) is 0 Å². The van der Waals surface area contributed by atoms with Crippen molar-refractivity contribution in [3.8, 4) is 11.5 Å². The second-order valence-electron chi connectivity index (χ2n) is 7.74. The van der Waals surface area contributed by atoms with Crippen molar-refractivity contribution in [2.24, 2.45) is 0 Å². The van der Waals surface area contributed by atoms with E-state index in [-0.39, 0.29) is 25.0 Å². The number of fused-ring (bicyclic) bond motifs is 1. The summed E-state index contributed by atoms with van der Waals surface area (Å²) in [6.07, 6.45) is 5.47. The van der Waals surface area contributed by atoms with Gasteiger partial charge in [0.2, 0.25) is 10.0 Å². The zero-order valence-corrected chi connectivity index (χ0v) is 17.7. The van der Waals surface area contributed by atoms with Crippen molar-refractivity contribution in [3.05, 3.63) is 48.5 Å². The number of anilines is 2. The quantitative estimate of drug-likeness (QED) is 0.784. The summed E-state index contributed by atoms with van der Waals surface area (Å²) in [4.78, 5) is 12.8. The van der Waals surface area contributed by atoms with Crippen molar-refractivity contribution in [3.63, 3.8) is 0 Å². The predicted molar refractivity (Wildman–Crippen MR) is 116 cm³/mol. The zero-order chi connectivity index (χ0) is 21.1. The van der Waals surface area contributed by atoms with Gasteiger partial charge in [-0.05, 0) is 62.1 Å². The molecule has 0 bridgehead atoms. The third kappa shape index (κ3) is 4.70. The lowest BCUT2D eigenvalue weighted by molar-refractivity contribution is -0.122. The second-order valence-corrected chi connectivity index (χ2v) is 9.64. The Morgan fingerprint density at radius 2 is 1.77 bits per heavy atom. The van der Waals surface area contributed by atoms with Crippen LogP contribution in [0.25, 0.3) is 0 Å². The molecular weight excluding hydrogens is 404 g/mol. The minimum absolute atomic E-state index is 0.169. The average molecular weight is 431 g/mol. The van der Waals surface area contributed by atoms with Gasteiger partial charge in [0, 0.05) is 18.7 Å². The number of ether oxygens (including phenoxy) is 2. The highest BCUT2D eigenvalue weighted by Crippen LogP contribution is 2.34. The number of amides is 1. The van der Waals surface area contributed by atoms with Gasteiger partial charge in [0.25, 0.3) is 5.91 Å². The van der Waals surface area contributed by atoms with E-state index in [1.165, 1.54) is 17.1 Å². The maximum Gasteiger partial charge on any atom is 0.265 e. The van der Waals surface area contributed by atoms with E-state index < -0.39 is 16.1 Å².